The summed E-state index contributed by atoms with van der Waals surface area (Å²) in [6.07, 6.45) is 9.23. The quantitative estimate of drug-likeness (QED) is 0.0921. The molecule has 1 saturated carbocycles. The SMILES string of the molecule is CC=C/C(O)=C(/C)C(=O)Nc1ccccc1.CCSC(=O)C(C(=O)CSC1CCCCC1)=C(O)C(C)C. The molecule has 8 heteroatoms. The highest BCUT2D eigenvalue weighted by Gasteiger charge is 2.26. The number of rotatable bonds is 10. The normalized spacial score (nSPS) is 15.4. The van der Waals surface area contributed by atoms with Gasteiger partial charge in [-0.2, -0.15) is 11.8 Å². The molecule has 37 heavy (non-hydrogen) atoms. The Kier molecular flexibility index (Phi) is 15.8. The van der Waals surface area contributed by atoms with E-state index in [0.717, 1.165) is 24.6 Å². The molecule has 0 heterocycles. The van der Waals surface area contributed by atoms with Crippen molar-refractivity contribution in [3.63, 3.8) is 0 Å². The van der Waals surface area contributed by atoms with Crippen molar-refractivity contribution in [2.45, 2.75) is 72.0 Å². The maximum atomic E-state index is 12.4. The van der Waals surface area contributed by atoms with E-state index >= 15 is 0 Å². The fourth-order valence-electron chi connectivity index (χ4n) is 3.50. The number of nitrogens with one attached hydrogen (secondary N) is 1. The summed E-state index contributed by atoms with van der Waals surface area (Å²) in [6, 6.07) is 9.12. The van der Waals surface area contributed by atoms with Crippen LogP contribution in [0.4, 0.5) is 5.69 Å². The predicted molar refractivity (Wildman–Crippen MR) is 157 cm³/mol. The summed E-state index contributed by atoms with van der Waals surface area (Å²) in [7, 11) is 0. The number of hydrogen-bond donors (Lipinski definition) is 3. The number of amides is 1. The highest BCUT2D eigenvalue weighted by atomic mass is 32.2. The zero-order chi connectivity index (χ0) is 27.8. The van der Waals surface area contributed by atoms with Crippen molar-refractivity contribution in [3.05, 3.63) is 65.1 Å². The molecule has 0 saturated heterocycles. The van der Waals surface area contributed by atoms with Crippen molar-refractivity contribution >= 4 is 46.0 Å². The summed E-state index contributed by atoms with van der Waals surface area (Å²) >= 11 is 2.73. The average molecular weight is 548 g/mol. The molecular formula is C29H41NO5S2. The van der Waals surface area contributed by atoms with E-state index in [4.69, 9.17) is 0 Å². The van der Waals surface area contributed by atoms with E-state index in [0.29, 0.717) is 28.0 Å². The van der Waals surface area contributed by atoms with Crippen molar-refractivity contribution in [1.29, 1.82) is 0 Å². The Morgan fingerprint density at radius 3 is 2.24 bits per heavy atom. The number of carbonyl (C=O) groups excluding carboxylic acids is 3. The second-order valence-electron chi connectivity index (χ2n) is 8.96. The van der Waals surface area contributed by atoms with Gasteiger partial charge in [-0.1, -0.05) is 76.1 Å². The average Bonchev–Trinajstić information content (AvgIpc) is 2.89. The fourth-order valence-corrected chi connectivity index (χ4v) is 5.32. The third-order valence-electron chi connectivity index (χ3n) is 5.64. The number of carbonyl (C=O) groups is 3. The molecule has 1 aliphatic rings. The van der Waals surface area contributed by atoms with Gasteiger partial charge in [0.25, 0.3) is 5.91 Å². The van der Waals surface area contributed by atoms with Crippen LogP contribution >= 0.6 is 23.5 Å². The Bertz CT molecular complexity index is 977. The molecule has 0 unspecified atom stereocenters. The molecule has 1 aromatic carbocycles. The Morgan fingerprint density at radius 1 is 1.08 bits per heavy atom. The van der Waals surface area contributed by atoms with E-state index in [1.165, 1.54) is 25.3 Å². The first-order chi connectivity index (χ1) is 17.6. The lowest BCUT2D eigenvalue weighted by atomic mass is 10.0. The molecule has 0 bridgehead atoms. The summed E-state index contributed by atoms with van der Waals surface area (Å²) in [5.74, 6) is 0.101. The number of benzene rings is 1. The van der Waals surface area contributed by atoms with Gasteiger partial charge in [-0.3, -0.25) is 14.4 Å². The minimum Gasteiger partial charge on any atom is -0.511 e. The zero-order valence-electron chi connectivity index (χ0n) is 22.6. The molecule has 0 aliphatic heterocycles. The van der Waals surface area contributed by atoms with Crippen LogP contribution in [0.2, 0.25) is 0 Å². The molecule has 0 atom stereocenters. The summed E-state index contributed by atoms with van der Waals surface area (Å²) in [4.78, 5) is 36.1. The van der Waals surface area contributed by atoms with Crippen LogP contribution in [0.15, 0.2) is 65.1 Å². The lowest BCUT2D eigenvalue weighted by Crippen LogP contribution is -2.19. The number of para-hydroxylation sites is 1. The van der Waals surface area contributed by atoms with E-state index in [-0.39, 0.29) is 39.8 Å². The zero-order valence-corrected chi connectivity index (χ0v) is 24.2. The van der Waals surface area contributed by atoms with Gasteiger partial charge in [-0.05, 0) is 50.7 Å². The van der Waals surface area contributed by atoms with Crippen LogP contribution in [0.25, 0.3) is 0 Å². The van der Waals surface area contributed by atoms with Crippen LogP contribution in [0.3, 0.4) is 0 Å². The number of aliphatic hydroxyl groups is 2. The molecule has 1 fully saturated rings. The van der Waals surface area contributed by atoms with Crippen molar-refractivity contribution in [2.24, 2.45) is 5.92 Å². The van der Waals surface area contributed by atoms with Crippen molar-refractivity contribution in [1.82, 2.24) is 0 Å². The van der Waals surface area contributed by atoms with Crippen LogP contribution in [0, 0.1) is 5.92 Å². The van der Waals surface area contributed by atoms with Crippen LogP contribution in [0.1, 0.15) is 66.7 Å². The van der Waals surface area contributed by atoms with Gasteiger partial charge >= 0.3 is 0 Å². The molecule has 1 aliphatic carbocycles. The topological polar surface area (TPSA) is 104 Å². The van der Waals surface area contributed by atoms with Gasteiger partial charge in [-0.25, -0.2) is 0 Å². The molecule has 3 N–H and O–H groups in total. The second-order valence-corrected chi connectivity index (χ2v) is 11.5. The monoisotopic (exact) mass is 547 g/mol. The Hall–Kier alpha value is -2.45. The first kappa shape index (κ1) is 32.6. The van der Waals surface area contributed by atoms with Crippen LogP contribution in [-0.2, 0) is 14.4 Å². The largest absolute Gasteiger partial charge is 0.511 e. The van der Waals surface area contributed by atoms with Gasteiger partial charge in [0.15, 0.2) is 5.78 Å². The molecule has 6 nitrogen and oxygen atoms in total. The molecular weight excluding hydrogens is 506 g/mol. The van der Waals surface area contributed by atoms with Crippen molar-refractivity contribution < 1.29 is 24.6 Å². The molecule has 2 rings (SSSR count). The van der Waals surface area contributed by atoms with E-state index < -0.39 is 0 Å². The minimum atomic E-state index is -0.304. The Labute approximate surface area is 230 Å². The number of aliphatic hydroxyl groups excluding tert-OH is 2. The highest BCUT2D eigenvalue weighted by molar-refractivity contribution is 8.14. The second kappa shape index (κ2) is 17.9. The third kappa shape index (κ3) is 12.1. The maximum Gasteiger partial charge on any atom is 0.255 e. The summed E-state index contributed by atoms with van der Waals surface area (Å²) in [5, 5.41) is 22.5. The Balaban J connectivity index is 0.000000384. The maximum absolute atomic E-state index is 12.4. The smallest absolute Gasteiger partial charge is 0.255 e. The van der Waals surface area contributed by atoms with Crippen molar-refractivity contribution in [3.8, 4) is 0 Å². The van der Waals surface area contributed by atoms with Gasteiger partial charge in [0, 0.05) is 16.9 Å². The van der Waals surface area contributed by atoms with Crippen LogP contribution in [0.5, 0.6) is 0 Å². The van der Waals surface area contributed by atoms with Gasteiger partial charge in [0.1, 0.15) is 17.1 Å². The van der Waals surface area contributed by atoms with Gasteiger partial charge in [-0.15, -0.1) is 0 Å². The van der Waals surface area contributed by atoms with E-state index in [2.05, 4.69) is 5.32 Å². The number of ketones is 1. The lowest BCUT2D eigenvalue weighted by Gasteiger charge is -2.21. The summed E-state index contributed by atoms with van der Waals surface area (Å²) in [6.45, 7) is 8.81. The van der Waals surface area contributed by atoms with Crippen molar-refractivity contribution in [2.75, 3.05) is 16.8 Å². The van der Waals surface area contributed by atoms with Gasteiger partial charge < -0.3 is 15.5 Å². The van der Waals surface area contributed by atoms with E-state index in [1.807, 2.05) is 25.1 Å². The lowest BCUT2D eigenvalue weighted by molar-refractivity contribution is -0.117. The van der Waals surface area contributed by atoms with E-state index in [9.17, 15) is 24.6 Å². The molecule has 0 aromatic heterocycles. The first-order valence-corrected chi connectivity index (χ1v) is 14.8. The fraction of sp³-hybridized carbons (Fsp3) is 0.483. The van der Waals surface area contributed by atoms with Crippen LogP contribution in [-0.4, -0.2) is 43.8 Å². The van der Waals surface area contributed by atoms with E-state index in [1.54, 1.807) is 57.7 Å². The third-order valence-corrected chi connectivity index (χ3v) is 7.77. The Morgan fingerprint density at radius 2 is 1.70 bits per heavy atom. The minimum absolute atomic E-state index is 0.0140. The molecule has 0 spiro atoms. The highest BCUT2D eigenvalue weighted by Crippen LogP contribution is 2.29. The number of hydrogen-bond acceptors (Lipinski definition) is 7. The number of anilines is 1. The number of allylic oxidation sites excluding steroid dienone is 3. The molecule has 1 aromatic rings. The van der Waals surface area contributed by atoms with Gasteiger partial charge in [0.2, 0.25) is 5.12 Å². The number of thioether (sulfide) groups is 2. The predicted octanol–water partition coefficient (Wildman–Crippen LogP) is 7.40. The number of Topliss-reactive ketones (excluding diaryl/α,β-unsaturated/α-hetero) is 1. The standard InChI is InChI=1S/C16H26O3S2.C13H15NO2/c1-4-20-16(19)14(15(18)11(2)3)13(17)10-21-12-8-6-5-7-9-12;1-3-7-12(15)10(2)13(16)14-11-8-5-4-6-9-11/h11-12,18H,4-10H2,1-3H3;3-9,15H,1-2H3,(H,14,16)/b;7-3?,12-10+. The molecule has 1 amide bonds. The summed E-state index contributed by atoms with van der Waals surface area (Å²) < 4.78 is 0. The molecule has 204 valence electrons. The van der Waals surface area contributed by atoms with Gasteiger partial charge in [0.05, 0.1) is 11.3 Å². The first-order valence-electron chi connectivity index (χ1n) is 12.8. The molecule has 0 radical (unpaired) electrons. The summed E-state index contributed by atoms with van der Waals surface area (Å²) in [5.41, 5.74) is 1.02. The van der Waals surface area contributed by atoms with Crippen LogP contribution < -0.4 is 5.32 Å².